The van der Waals surface area contributed by atoms with E-state index in [0.717, 1.165) is 25.9 Å². The van der Waals surface area contributed by atoms with Crippen LogP contribution in [0, 0.1) is 0 Å². The number of piperidine rings is 1. The number of hydrogen-bond donors (Lipinski definition) is 1. The smallest absolute Gasteiger partial charge is 0.321 e. The minimum absolute atomic E-state index is 0.0918. The van der Waals surface area contributed by atoms with Crippen molar-refractivity contribution < 1.29 is 9.59 Å². The highest BCUT2D eigenvalue weighted by Gasteiger charge is 2.35. The number of carbonyl (C=O) groups excluding carboxylic acids is 2. The van der Waals surface area contributed by atoms with Crippen molar-refractivity contribution in [1.29, 1.82) is 0 Å². The second-order valence-corrected chi connectivity index (χ2v) is 5.71. The fraction of sp³-hybridized carbons (Fsp3) is 0.833. The van der Waals surface area contributed by atoms with Gasteiger partial charge in [-0.05, 0) is 26.7 Å². The van der Waals surface area contributed by atoms with Crippen LogP contribution in [-0.2, 0) is 4.79 Å². The average molecular weight is 251 g/mol. The first-order chi connectivity index (χ1) is 8.49. The van der Waals surface area contributed by atoms with Gasteiger partial charge < -0.3 is 9.80 Å². The van der Waals surface area contributed by atoms with Gasteiger partial charge in [0.15, 0.2) is 0 Å². The van der Waals surface area contributed by atoms with Crippen LogP contribution in [0.2, 0.25) is 5.82 Å². The Labute approximate surface area is 109 Å². The molecule has 0 aromatic heterocycles. The quantitative estimate of drug-likeness (QED) is 0.693. The number of carbonyl (C=O) groups is 2. The van der Waals surface area contributed by atoms with E-state index < -0.39 is 0 Å². The molecule has 18 heavy (non-hydrogen) atoms. The third kappa shape index (κ3) is 2.69. The molecule has 0 aromatic carbocycles. The van der Waals surface area contributed by atoms with Gasteiger partial charge in [0.1, 0.15) is 7.85 Å². The van der Waals surface area contributed by atoms with Gasteiger partial charge in [-0.1, -0.05) is 0 Å². The molecule has 2 heterocycles. The molecule has 2 rings (SSSR count). The third-order valence-electron chi connectivity index (χ3n) is 4.08. The number of amides is 3. The number of likely N-dealkylation sites (tertiary alicyclic amines) is 1. The molecule has 0 radical (unpaired) electrons. The van der Waals surface area contributed by atoms with Crippen molar-refractivity contribution in [3.05, 3.63) is 0 Å². The van der Waals surface area contributed by atoms with Crippen molar-refractivity contribution in [2.24, 2.45) is 0 Å². The van der Waals surface area contributed by atoms with Crippen LogP contribution in [0.15, 0.2) is 0 Å². The summed E-state index contributed by atoms with van der Waals surface area (Å²) in [5.74, 6) is -0.235. The highest BCUT2D eigenvalue weighted by molar-refractivity contribution is 6.26. The molecule has 2 fully saturated rings. The van der Waals surface area contributed by atoms with E-state index in [1.807, 2.05) is 12.7 Å². The summed E-state index contributed by atoms with van der Waals surface area (Å²) in [6.07, 6.45) is 2.01. The van der Waals surface area contributed by atoms with Gasteiger partial charge in [-0.3, -0.25) is 10.1 Å². The van der Waals surface area contributed by atoms with Crippen LogP contribution >= 0.6 is 0 Å². The molecule has 6 heteroatoms. The molecule has 5 nitrogen and oxygen atoms in total. The highest BCUT2D eigenvalue weighted by Crippen LogP contribution is 2.22. The van der Waals surface area contributed by atoms with Gasteiger partial charge in [-0.2, -0.15) is 0 Å². The molecule has 1 N–H and O–H groups in total. The van der Waals surface area contributed by atoms with Gasteiger partial charge in [-0.15, -0.1) is 0 Å². The minimum atomic E-state index is -0.207. The van der Waals surface area contributed by atoms with Gasteiger partial charge in [-0.25, -0.2) is 4.79 Å². The number of nitrogens with one attached hydrogen (secondary N) is 1. The molecule has 100 valence electrons. The number of urea groups is 1. The molecule has 1 unspecified atom stereocenters. The lowest BCUT2D eigenvalue weighted by Gasteiger charge is -2.42. The SMILES string of the molecule is BC1CN(C2CCN(C(C)C)CC2)C(=O)NC1=O. The van der Waals surface area contributed by atoms with Crippen LogP contribution < -0.4 is 5.32 Å². The summed E-state index contributed by atoms with van der Waals surface area (Å²) in [7, 11) is 1.87. The predicted octanol–water partition coefficient (Wildman–Crippen LogP) is -0.167. The Hall–Kier alpha value is -1.04. The van der Waals surface area contributed by atoms with Crippen LogP contribution in [0.25, 0.3) is 0 Å². The van der Waals surface area contributed by atoms with Gasteiger partial charge in [0.25, 0.3) is 0 Å². The largest absolute Gasteiger partial charge is 0.324 e. The summed E-state index contributed by atoms with van der Waals surface area (Å²) in [5.41, 5.74) is 0. The van der Waals surface area contributed by atoms with Crippen LogP contribution in [0.5, 0.6) is 0 Å². The molecule has 0 aromatic rings. The van der Waals surface area contributed by atoms with Crippen molar-refractivity contribution >= 4 is 19.8 Å². The van der Waals surface area contributed by atoms with E-state index in [2.05, 4.69) is 24.1 Å². The van der Waals surface area contributed by atoms with E-state index >= 15 is 0 Å². The Kier molecular flexibility index (Phi) is 3.95. The van der Waals surface area contributed by atoms with E-state index in [1.54, 1.807) is 0 Å². The second kappa shape index (κ2) is 5.30. The second-order valence-electron chi connectivity index (χ2n) is 5.71. The van der Waals surface area contributed by atoms with Gasteiger partial charge in [0.05, 0.1) is 0 Å². The zero-order valence-corrected chi connectivity index (χ0v) is 11.5. The first-order valence-electron chi connectivity index (χ1n) is 6.84. The maximum atomic E-state index is 11.8. The van der Waals surface area contributed by atoms with Crippen LogP contribution in [0.3, 0.4) is 0 Å². The summed E-state index contributed by atoms with van der Waals surface area (Å²) in [6, 6.07) is 0.651. The summed E-state index contributed by atoms with van der Waals surface area (Å²) >= 11 is 0. The van der Waals surface area contributed by atoms with E-state index in [-0.39, 0.29) is 23.8 Å². The first-order valence-corrected chi connectivity index (χ1v) is 6.84. The monoisotopic (exact) mass is 251 g/mol. The fourth-order valence-corrected chi connectivity index (χ4v) is 2.79. The highest BCUT2D eigenvalue weighted by atomic mass is 16.2. The minimum Gasteiger partial charge on any atom is -0.321 e. The third-order valence-corrected chi connectivity index (χ3v) is 4.08. The Bertz CT molecular complexity index is 340. The van der Waals surface area contributed by atoms with Gasteiger partial charge in [0, 0.05) is 37.5 Å². The zero-order chi connectivity index (χ0) is 13.3. The van der Waals surface area contributed by atoms with Gasteiger partial charge >= 0.3 is 6.03 Å². The Morgan fingerprint density at radius 1 is 1.28 bits per heavy atom. The van der Waals surface area contributed by atoms with Gasteiger partial charge in [0.2, 0.25) is 5.91 Å². The molecule has 0 spiro atoms. The van der Waals surface area contributed by atoms with Crippen molar-refractivity contribution in [1.82, 2.24) is 15.1 Å². The first kappa shape index (κ1) is 13.4. The molecule has 0 saturated carbocycles. The lowest BCUT2D eigenvalue weighted by molar-refractivity contribution is -0.121. The number of nitrogens with zero attached hydrogens (tertiary/aromatic N) is 2. The molecule has 2 aliphatic heterocycles. The standard InChI is InChI=1S/C12H22BN3O2/c1-8(2)15-5-3-9(4-6-15)16-7-10(13)11(17)14-12(16)18/h8-10H,3-7,13H2,1-2H3,(H,14,17,18). The van der Waals surface area contributed by atoms with Crippen LogP contribution in [0.4, 0.5) is 4.79 Å². The average Bonchev–Trinajstić information content (AvgIpc) is 2.34. The number of rotatable bonds is 2. The van der Waals surface area contributed by atoms with Crippen LogP contribution in [-0.4, -0.2) is 61.3 Å². The Morgan fingerprint density at radius 2 is 1.89 bits per heavy atom. The fourth-order valence-electron chi connectivity index (χ4n) is 2.79. The normalized spacial score (nSPS) is 27.7. The van der Waals surface area contributed by atoms with Crippen molar-refractivity contribution in [2.75, 3.05) is 19.6 Å². The molecule has 3 amide bonds. The lowest BCUT2D eigenvalue weighted by atomic mass is 9.84. The van der Waals surface area contributed by atoms with Crippen molar-refractivity contribution in [3.8, 4) is 0 Å². The van der Waals surface area contributed by atoms with E-state index in [0.29, 0.717) is 12.6 Å². The molecule has 2 saturated heterocycles. The Balaban J connectivity index is 1.93. The topological polar surface area (TPSA) is 52.6 Å². The maximum absolute atomic E-state index is 11.8. The maximum Gasteiger partial charge on any atom is 0.324 e. The molecule has 2 aliphatic rings. The van der Waals surface area contributed by atoms with E-state index in [4.69, 9.17) is 0 Å². The van der Waals surface area contributed by atoms with Crippen molar-refractivity contribution in [3.63, 3.8) is 0 Å². The van der Waals surface area contributed by atoms with E-state index in [1.165, 1.54) is 0 Å². The summed E-state index contributed by atoms with van der Waals surface area (Å²) in [4.78, 5) is 27.5. The summed E-state index contributed by atoms with van der Waals surface area (Å²) in [5, 5.41) is 2.44. The Morgan fingerprint density at radius 3 is 2.44 bits per heavy atom. The van der Waals surface area contributed by atoms with E-state index in [9.17, 15) is 9.59 Å². The van der Waals surface area contributed by atoms with Crippen molar-refractivity contribution in [2.45, 2.75) is 44.6 Å². The molecular weight excluding hydrogens is 229 g/mol. The molecule has 1 atom stereocenters. The predicted molar refractivity (Wildman–Crippen MR) is 72.3 cm³/mol. The van der Waals surface area contributed by atoms with Crippen LogP contribution in [0.1, 0.15) is 26.7 Å². The molecule has 0 aliphatic carbocycles. The lowest BCUT2D eigenvalue weighted by Crippen LogP contribution is -2.58. The summed E-state index contributed by atoms with van der Waals surface area (Å²) < 4.78 is 0. The summed E-state index contributed by atoms with van der Waals surface area (Å²) in [6.45, 7) is 7.04. The number of hydrogen-bond acceptors (Lipinski definition) is 3. The molecular formula is C12H22BN3O2. The zero-order valence-electron chi connectivity index (χ0n) is 11.5. The number of imide groups is 1. The molecule has 0 bridgehead atoms.